The number of hydrogen-bond acceptors (Lipinski definition) is 7. The normalized spacial score (nSPS) is 13.9. The molecule has 0 radical (unpaired) electrons. The van der Waals surface area contributed by atoms with Gasteiger partial charge in [-0.15, -0.1) is 0 Å². The van der Waals surface area contributed by atoms with Crippen LogP contribution in [0.15, 0.2) is 194 Å². The van der Waals surface area contributed by atoms with E-state index >= 15 is 0 Å². The summed E-state index contributed by atoms with van der Waals surface area (Å²) in [5.74, 6) is -2.04. The van der Waals surface area contributed by atoms with Gasteiger partial charge < -0.3 is 28.5 Å². The first-order chi connectivity index (χ1) is 45.6. The number of carboxylic acid groups (broad SMARTS) is 1. The van der Waals surface area contributed by atoms with Gasteiger partial charge >= 0.3 is 17.9 Å². The molecule has 0 spiro atoms. The topological polar surface area (TPSA) is 108 Å². The average molecular weight is 1290 g/mol. The lowest BCUT2D eigenvalue weighted by molar-refractivity contribution is -0.870. The van der Waals surface area contributed by atoms with Crippen molar-refractivity contribution in [3.05, 3.63) is 194 Å². The molecule has 0 aromatic carbocycles. The largest absolute Gasteiger partial charge is 0.477 e. The molecule has 0 heterocycles. The third-order valence-electron chi connectivity index (χ3n) is 14.8. The summed E-state index contributed by atoms with van der Waals surface area (Å²) in [7, 11) is 5.96. The van der Waals surface area contributed by atoms with Gasteiger partial charge in [0.1, 0.15) is 13.2 Å². The third kappa shape index (κ3) is 73.4. The minimum absolute atomic E-state index is 0.175. The first-order valence-electron chi connectivity index (χ1n) is 36.6. The highest BCUT2D eigenvalue weighted by Gasteiger charge is 2.25. The van der Waals surface area contributed by atoms with Gasteiger partial charge in [0.15, 0.2) is 6.10 Å². The number of carboxylic acids is 1. The summed E-state index contributed by atoms with van der Waals surface area (Å²) in [6.07, 6.45) is 108. The molecule has 2 unspecified atom stereocenters. The SMILES string of the molecule is CC/C=C\C/C=C\C/C=C\C/C=C\C/C=C\C/C=C\C/C=C\C/C=C\C/C=C\CCCCCCCCCCCC(=O)OC(COC(=O)CCCCCCCCCCC/C=C\C/C=C\C/C=C\C/C=C\C/C=C\C/C=C\C/C=C\CC)COC(OCC[N+](C)(C)C)C(=O)O. The van der Waals surface area contributed by atoms with Crippen LogP contribution in [-0.2, 0) is 33.3 Å². The first-order valence-corrected chi connectivity index (χ1v) is 36.6. The molecule has 0 aliphatic carbocycles. The van der Waals surface area contributed by atoms with Crippen LogP contribution < -0.4 is 0 Å². The fourth-order valence-electron chi connectivity index (χ4n) is 9.34. The lowest BCUT2D eigenvalue weighted by Gasteiger charge is -2.25. The molecule has 0 aliphatic rings. The van der Waals surface area contributed by atoms with E-state index in [1.807, 2.05) is 21.1 Å². The van der Waals surface area contributed by atoms with E-state index in [1.165, 1.54) is 64.2 Å². The standard InChI is InChI=1S/C84H133NO8/c1-6-8-10-12-14-16-18-20-22-24-26-28-30-32-34-36-38-39-40-41-42-43-45-47-49-51-53-55-57-59-61-63-65-67-69-71-73-75-82(87)93-80(79-92-84(83(88)89)90-77-76-85(3,4)5)78-91-81(86)74-72-70-68-66-64-62-60-58-56-54-52-50-48-46-44-37-35-33-31-29-27-25-23-21-19-17-15-13-11-9-7-2/h8-11,14-17,20-23,26-29,32-35,38-39,41-42,44-47,50-53,80,84H,6-7,12-13,18-19,24-25,30-31,36-37,40,43,48-49,54-79H2,1-5H3/p+1/b10-8-,11-9-,16-14-,17-15-,22-20-,23-21-,28-26-,29-27-,34-32-,35-33-,39-38-,42-41-,46-44-,47-45-,52-50-,53-51-. The second kappa shape index (κ2) is 72.0. The van der Waals surface area contributed by atoms with Crippen molar-refractivity contribution in [1.82, 2.24) is 0 Å². The number of quaternary nitrogens is 1. The van der Waals surface area contributed by atoms with E-state index < -0.39 is 24.3 Å². The van der Waals surface area contributed by atoms with Crippen molar-refractivity contribution in [2.75, 3.05) is 47.5 Å². The number of carbonyl (C=O) groups excluding carboxylic acids is 2. The van der Waals surface area contributed by atoms with Crippen molar-refractivity contribution in [3.63, 3.8) is 0 Å². The second-order valence-electron chi connectivity index (χ2n) is 24.8. The third-order valence-corrected chi connectivity index (χ3v) is 14.8. The van der Waals surface area contributed by atoms with E-state index in [0.717, 1.165) is 161 Å². The smallest absolute Gasteiger partial charge is 0.361 e. The van der Waals surface area contributed by atoms with Crippen LogP contribution in [0.5, 0.6) is 0 Å². The second-order valence-corrected chi connectivity index (χ2v) is 24.8. The summed E-state index contributed by atoms with van der Waals surface area (Å²) in [4.78, 5) is 37.7. The van der Waals surface area contributed by atoms with Gasteiger partial charge in [-0.2, -0.15) is 0 Å². The summed E-state index contributed by atoms with van der Waals surface area (Å²) in [5, 5.41) is 9.76. The molecule has 2 atom stereocenters. The zero-order valence-corrected chi connectivity index (χ0v) is 59.6. The molecule has 0 aromatic rings. The number of rotatable bonds is 65. The number of likely N-dealkylation sites (N-methyl/N-ethyl adjacent to an activating group) is 1. The molecule has 1 N–H and O–H groups in total. The Morgan fingerprint density at radius 3 is 0.860 bits per heavy atom. The van der Waals surface area contributed by atoms with Crippen molar-refractivity contribution in [2.24, 2.45) is 0 Å². The predicted octanol–water partition coefficient (Wildman–Crippen LogP) is 23.4. The highest BCUT2D eigenvalue weighted by Crippen LogP contribution is 2.15. The van der Waals surface area contributed by atoms with Crippen molar-refractivity contribution >= 4 is 17.9 Å². The Bertz CT molecular complexity index is 2230. The molecular formula is C84H134NO8+. The Hall–Kier alpha value is -5.87. The van der Waals surface area contributed by atoms with Crippen molar-refractivity contribution in [1.29, 1.82) is 0 Å². The molecular weight excluding hydrogens is 1150 g/mol. The maximum Gasteiger partial charge on any atom is 0.361 e. The van der Waals surface area contributed by atoms with Gasteiger partial charge in [0.25, 0.3) is 6.29 Å². The van der Waals surface area contributed by atoms with Crippen molar-refractivity contribution in [2.45, 2.75) is 270 Å². The van der Waals surface area contributed by atoms with Gasteiger partial charge in [0, 0.05) is 12.8 Å². The molecule has 0 fully saturated rings. The van der Waals surface area contributed by atoms with Gasteiger partial charge in [0.05, 0.1) is 34.4 Å². The summed E-state index contributed by atoms with van der Waals surface area (Å²) < 4.78 is 23.0. The minimum atomic E-state index is -1.53. The quantitative estimate of drug-likeness (QED) is 0.0211. The van der Waals surface area contributed by atoms with E-state index in [-0.39, 0.29) is 38.6 Å². The number of hydrogen-bond donors (Lipinski definition) is 1. The lowest BCUT2D eigenvalue weighted by atomic mass is 10.1. The molecule has 0 amide bonds. The number of allylic oxidation sites excluding steroid dienone is 32. The van der Waals surface area contributed by atoms with E-state index in [2.05, 4.69) is 208 Å². The Kier molecular flexibility index (Phi) is 67.4. The predicted molar refractivity (Wildman–Crippen MR) is 400 cm³/mol. The zero-order chi connectivity index (χ0) is 67.5. The van der Waals surface area contributed by atoms with Crippen LogP contribution >= 0.6 is 0 Å². The number of esters is 2. The van der Waals surface area contributed by atoms with Crippen LogP contribution in [0.3, 0.4) is 0 Å². The fourth-order valence-corrected chi connectivity index (χ4v) is 9.34. The number of unbranched alkanes of at least 4 members (excludes halogenated alkanes) is 18. The summed E-state index contributed by atoms with van der Waals surface area (Å²) >= 11 is 0. The number of nitrogens with zero attached hydrogens (tertiary/aromatic N) is 1. The van der Waals surface area contributed by atoms with Crippen LogP contribution in [0.1, 0.15) is 258 Å². The Morgan fingerprint density at radius 2 is 0.581 bits per heavy atom. The van der Waals surface area contributed by atoms with Crippen LogP contribution in [0.2, 0.25) is 0 Å². The van der Waals surface area contributed by atoms with Crippen LogP contribution in [0.4, 0.5) is 0 Å². The van der Waals surface area contributed by atoms with E-state index in [9.17, 15) is 19.5 Å². The highest BCUT2D eigenvalue weighted by atomic mass is 16.7. The van der Waals surface area contributed by atoms with E-state index in [1.54, 1.807) is 0 Å². The summed E-state index contributed by atoms with van der Waals surface area (Å²) in [6.45, 7) is 4.62. The maximum absolute atomic E-state index is 13.0. The lowest BCUT2D eigenvalue weighted by Crippen LogP contribution is -2.40. The number of aliphatic carboxylic acids is 1. The number of carbonyl (C=O) groups is 3. The van der Waals surface area contributed by atoms with Gasteiger partial charge in [-0.3, -0.25) is 9.59 Å². The molecule has 0 rings (SSSR count). The number of ether oxygens (including phenoxy) is 4. The maximum atomic E-state index is 13.0. The zero-order valence-electron chi connectivity index (χ0n) is 59.6. The van der Waals surface area contributed by atoms with Gasteiger partial charge in [-0.1, -0.05) is 298 Å². The molecule has 0 aliphatic heterocycles. The van der Waals surface area contributed by atoms with Gasteiger partial charge in [-0.25, -0.2) is 4.79 Å². The van der Waals surface area contributed by atoms with Crippen LogP contribution in [0.25, 0.3) is 0 Å². The molecule has 0 saturated heterocycles. The molecule has 93 heavy (non-hydrogen) atoms. The molecule has 9 heteroatoms. The molecule has 0 saturated carbocycles. The summed E-state index contributed by atoms with van der Waals surface area (Å²) in [6, 6.07) is 0. The molecule has 0 aromatic heterocycles. The van der Waals surface area contributed by atoms with E-state index in [4.69, 9.17) is 18.9 Å². The Balaban J connectivity index is 4.21. The van der Waals surface area contributed by atoms with Gasteiger partial charge in [0.2, 0.25) is 0 Å². The Labute approximate surface area is 570 Å². The van der Waals surface area contributed by atoms with Crippen LogP contribution in [-0.4, -0.2) is 87.4 Å². The Morgan fingerprint density at radius 1 is 0.323 bits per heavy atom. The molecule has 0 bridgehead atoms. The van der Waals surface area contributed by atoms with E-state index in [0.29, 0.717) is 17.4 Å². The monoisotopic (exact) mass is 1290 g/mol. The first kappa shape index (κ1) is 87.1. The highest BCUT2D eigenvalue weighted by molar-refractivity contribution is 5.71. The fraction of sp³-hybridized carbons (Fsp3) is 0.583. The van der Waals surface area contributed by atoms with Crippen LogP contribution in [0, 0.1) is 0 Å². The average Bonchev–Trinajstić information content (AvgIpc) is 3.73. The van der Waals surface area contributed by atoms with Crippen molar-refractivity contribution in [3.8, 4) is 0 Å². The van der Waals surface area contributed by atoms with Crippen molar-refractivity contribution < 1.29 is 42.9 Å². The molecule has 522 valence electrons. The van der Waals surface area contributed by atoms with Gasteiger partial charge in [-0.05, 0) is 141 Å². The minimum Gasteiger partial charge on any atom is -0.477 e. The molecule has 9 nitrogen and oxygen atoms in total. The summed E-state index contributed by atoms with van der Waals surface area (Å²) in [5.41, 5.74) is 0.